The van der Waals surface area contributed by atoms with E-state index in [4.69, 9.17) is 0 Å². The van der Waals surface area contributed by atoms with Gasteiger partial charge in [-0.3, -0.25) is 0 Å². The van der Waals surface area contributed by atoms with E-state index < -0.39 is 0 Å². The minimum Gasteiger partial charge on any atom is -0.870 e. The van der Waals surface area contributed by atoms with E-state index in [0.717, 1.165) is 0 Å². The van der Waals surface area contributed by atoms with Gasteiger partial charge < -0.3 is 38.3 Å². The number of hydrogen-bond acceptors (Lipinski definition) is 7. The summed E-state index contributed by atoms with van der Waals surface area (Å²) in [6.07, 6.45) is 0. The van der Waals surface area contributed by atoms with Crippen molar-refractivity contribution in [1.82, 2.24) is 0 Å². The molecule has 0 unspecified atom stereocenters. The van der Waals surface area contributed by atoms with E-state index in [9.17, 15) is 0 Å². The molecule has 9 heavy (non-hydrogen) atoms. The summed E-state index contributed by atoms with van der Waals surface area (Å²) in [6.45, 7) is 0. The molecule has 0 rings (SSSR count). The van der Waals surface area contributed by atoms with Crippen LogP contribution in [0.4, 0.5) is 0 Å². The van der Waals surface area contributed by atoms with Gasteiger partial charge in [0, 0.05) is 0 Å². The van der Waals surface area contributed by atoms with Gasteiger partial charge >= 0.3 is 49.8 Å². The monoisotopic (exact) mass is 354 g/mol. The summed E-state index contributed by atoms with van der Waals surface area (Å²) < 4.78 is 0. The molecule has 0 fully saturated rings. The van der Waals surface area contributed by atoms with Crippen molar-refractivity contribution in [2.24, 2.45) is 0 Å². The minimum absolute atomic E-state index is 0. The van der Waals surface area contributed by atoms with Crippen LogP contribution in [-0.4, -0.2) is 88.1 Å². The van der Waals surface area contributed by atoms with Gasteiger partial charge in [-0.25, -0.2) is 0 Å². The van der Waals surface area contributed by atoms with Crippen LogP contribution >= 0.6 is 0 Å². The standard InChI is InChI=1S/In.7H2O.Sn/h;7*1H2;/q+3;;;;;;;;+4/p-7. The smallest absolute Gasteiger partial charge is 0.870 e. The summed E-state index contributed by atoms with van der Waals surface area (Å²) >= 11 is 0. The third-order valence-corrected chi connectivity index (χ3v) is 0. The topological polar surface area (TPSA) is 210 Å². The second kappa shape index (κ2) is 343. The van der Waals surface area contributed by atoms with Crippen LogP contribution in [0.2, 0.25) is 0 Å². The molecule has 0 heterocycles. The van der Waals surface area contributed by atoms with Gasteiger partial charge in [-0.15, -0.1) is 0 Å². The quantitative estimate of drug-likeness (QED) is 0.446. The summed E-state index contributed by atoms with van der Waals surface area (Å²) in [5.41, 5.74) is 0. The Morgan fingerprint density at radius 2 is 0.333 bits per heavy atom. The Hall–Kier alpha value is 1.39. The van der Waals surface area contributed by atoms with E-state index in [1.165, 1.54) is 0 Å². The molecule has 0 aliphatic heterocycles. The van der Waals surface area contributed by atoms with E-state index >= 15 is 0 Å². The Kier molecular flexibility index (Phi) is 18100. The summed E-state index contributed by atoms with van der Waals surface area (Å²) in [6, 6.07) is 0. The van der Waals surface area contributed by atoms with E-state index in [2.05, 4.69) is 0 Å². The van der Waals surface area contributed by atoms with E-state index in [1.807, 2.05) is 0 Å². The molecule has 0 amide bonds. The molecule has 0 aromatic rings. The first-order valence-electron chi connectivity index (χ1n) is 0. The maximum absolute atomic E-state index is 0. The molecule has 0 saturated carbocycles. The zero-order valence-electron chi connectivity index (χ0n) is 4.21. The first kappa shape index (κ1) is 475. The van der Waals surface area contributed by atoms with Crippen molar-refractivity contribution in [3.8, 4) is 0 Å². The Morgan fingerprint density at radius 1 is 0.333 bits per heavy atom. The Labute approximate surface area is 87.7 Å². The van der Waals surface area contributed by atoms with Crippen LogP contribution in [0, 0.1) is 0 Å². The SMILES string of the molecule is [In+3].[OH-].[OH-].[OH-].[OH-].[OH-].[OH-].[OH-].[Sn+4]. The van der Waals surface area contributed by atoms with Crippen molar-refractivity contribution in [3.63, 3.8) is 0 Å². The Balaban J connectivity index is 0. The fourth-order valence-electron chi connectivity index (χ4n) is 0. The average Bonchev–Trinajstić information content (AvgIpc) is 0. The predicted octanol–water partition coefficient (Wildman–Crippen LogP) is -2.00. The molecule has 0 radical (unpaired) electrons. The zero-order chi connectivity index (χ0) is 0. The molecule has 0 spiro atoms. The molecule has 0 aliphatic rings. The molecule has 0 saturated heterocycles. The van der Waals surface area contributed by atoms with Gasteiger partial charge in [0.05, 0.1) is 0 Å². The van der Waals surface area contributed by atoms with Gasteiger partial charge in [-0.2, -0.15) is 0 Å². The second-order valence-electron chi connectivity index (χ2n) is 0. The molecule has 0 aromatic heterocycles. The summed E-state index contributed by atoms with van der Waals surface area (Å²) in [4.78, 5) is 0. The third kappa shape index (κ3) is 266. The van der Waals surface area contributed by atoms with E-state index in [1.54, 1.807) is 0 Å². The fourth-order valence-corrected chi connectivity index (χ4v) is 0. The van der Waals surface area contributed by atoms with Crippen molar-refractivity contribution in [2.45, 2.75) is 0 Å². The predicted molar refractivity (Wildman–Crippen MR) is 25.1 cm³/mol. The number of hydrogen-bond donors (Lipinski definition) is 0. The third-order valence-electron chi connectivity index (χ3n) is 0. The van der Waals surface area contributed by atoms with Crippen molar-refractivity contribution in [3.05, 3.63) is 0 Å². The fraction of sp³-hybridized carbons (Fsp3) is 0. The van der Waals surface area contributed by atoms with Crippen LogP contribution in [0.1, 0.15) is 0 Å². The Bertz CT molecular complexity index is 8.88. The largest absolute Gasteiger partial charge is 4.00 e. The molecule has 0 aliphatic carbocycles. The van der Waals surface area contributed by atoms with Crippen LogP contribution < -0.4 is 0 Å². The van der Waals surface area contributed by atoms with Crippen molar-refractivity contribution >= 4 is 49.8 Å². The molecule has 56 valence electrons. The van der Waals surface area contributed by atoms with Crippen LogP contribution in [0.15, 0.2) is 0 Å². The van der Waals surface area contributed by atoms with E-state index in [0.29, 0.717) is 0 Å². The summed E-state index contributed by atoms with van der Waals surface area (Å²) in [5, 5.41) is 0. The maximum atomic E-state index is 0. The van der Waals surface area contributed by atoms with Crippen LogP contribution in [-0.2, 0) is 0 Å². The normalized spacial score (nSPS) is 0. The van der Waals surface area contributed by atoms with Gasteiger partial charge in [0.25, 0.3) is 0 Å². The van der Waals surface area contributed by atoms with Crippen LogP contribution in [0.25, 0.3) is 0 Å². The first-order chi connectivity index (χ1) is 0. The van der Waals surface area contributed by atoms with Crippen LogP contribution in [0.5, 0.6) is 0 Å². The number of rotatable bonds is 0. The second-order valence-corrected chi connectivity index (χ2v) is 0. The van der Waals surface area contributed by atoms with Crippen LogP contribution in [0.3, 0.4) is 0 Å². The van der Waals surface area contributed by atoms with Gasteiger partial charge in [-0.05, 0) is 0 Å². The minimum atomic E-state index is 0. The van der Waals surface area contributed by atoms with Crippen molar-refractivity contribution in [1.29, 1.82) is 0 Å². The first-order valence-corrected chi connectivity index (χ1v) is 0. The maximum Gasteiger partial charge on any atom is 4.00 e. The van der Waals surface area contributed by atoms with Gasteiger partial charge in [-0.1, -0.05) is 0 Å². The molecular formula is H7InO7Sn. The van der Waals surface area contributed by atoms with Crippen molar-refractivity contribution in [2.75, 3.05) is 0 Å². The summed E-state index contributed by atoms with van der Waals surface area (Å²) in [5.74, 6) is 0. The van der Waals surface area contributed by atoms with Gasteiger partial charge in [0.2, 0.25) is 0 Å². The molecule has 0 atom stereocenters. The Morgan fingerprint density at radius 3 is 0.333 bits per heavy atom. The molecule has 7 nitrogen and oxygen atoms in total. The zero-order valence-corrected chi connectivity index (χ0v) is 10.4. The molecular weight excluding hydrogens is 346 g/mol. The summed E-state index contributed by atoms with van der Waals surface area (Å²) in [7, 11) is 0. The van der Waals surface area contributed by atoms with Gasteiger partial charge in [0.1, 0.15) is 0 Å². The molecule has 7 N–H and O–H groups in total. The molecule has 0 aromatic carbocycles. The van der Waals surface area contributed by atoms with E-state index in [-0.39, 0.29) is 88.1 Å². The average molecular weight is 353 g/mol. The molecule has 9 heteroatoms. The van der Waals surface area contributed by atoms with Crippen molar-refractivity contribution < 1.29 is 38.3 Å². The molecule has 0 bridgehead atoms. The van der Waals surface area contributed by atoms with Gasteiger partial charge in [0.15, 0.2) is 0 Å².